The molecule has 146 valence electrons. The number of hydrogen-bond donors (Lipinski definition) is 5. The first kappa shape index (κ1) is 19.6. The highest BCUT2D eigenvalue weighted by atomic mass is 35.5. The van der Waals surface area contributed by atoms with Gasteiger partial charge < -0.3 is 10.6 Å². The molecule has 2 atom stereocenters. The van der Waals surface area contributed by atoms with Crippen molar-refractivity contribution in [1.29, 1.82) is 0 Å². The molecule has 28 heavy (non-hydrogen) atoms. The number of nitrogens with one attached hydrogen (secondary N) is 3. The minimum atomic E-state index is -0.900. The van der Waals surface area contributed by atoms with Gasteiger partial charge in [0.2, 0.25) is 0 Å². The van der Waals surface area contributed by atoms with Gasteiger partial charge in [-0.2, -0.15) is 0 Å². The van der Waals surface area contributed by atoms with Crippen molar-refractivity contribution in [2.24, 2.45) is 17.4 Å². The SMILES string of the molecule is NC(N)=[NH+]C[C@H]1Cc2ccccc2[C@@H]1NC(=O)C(=O)Nc1ccc(Cl)c(F)c1. The van der Waals surface area contributed by atoms with Gasteiger partial charge in [0.25, 0.3) is 0 Å². The lowest BCUT2D eigenvalue weighted by Gasteiger charge is -2.20. The highest BCUT2D eigenvalue weighted by Gasteiger charge is 2.34. The third-order valence-electron chi connectivity index (χ3n) is 4.58. The van der Waals surface area contributed by atoms with E-state index in [0.29, 0.717) is 13.0 Å². The predicted molar refractivity (Wildman–Crippen MR) is 104 cm³/mol. The molecule has 0 unspecified atom stereocenters. The van der Waals surface area contributed by atoms with E-state index >= 15 is 0 Å². The maximum absolute atomic E-state index is 13.5. The smallest absolute Gasteiger partial charge is 0.338 e. The number of nitrogens with two attached hydrogens (primary N) is 2. The summed E-state index contributed by atoms with van der Waals surface area (Å²) in [5.41, 5.74) is 13.1. The van der Waals surface area contributed by atoms with E-state index in [4.69, 9.17) is 23.1 Å². The van der Waals surface area contributed by atoms with Crippen molar-refractivity contribution in [2.45, 2.75) is 12.5 Å². The first-order valence-electron chi connectivity index (χ1n) is 8.61. The molecular weight excluding hydrogens is 385 g/mol. The van der Waals surface area contributed by atoms with Crippen LogP contribution < -0.4 is 27.1 Å². The monoisotopic (exact) mass is 404 g/mol. The van der Waals surface area contributed by atoms with Crippen molar-refractivity contribution in [2.75, 3.05) is 11.9 Å². The molecule has 3 rings (SSSR count). The molecule has 2 amide bonds. The quantitative estimate of drug-likeness (QED) is 0.275. The fourth-order valence-corrected chi connectivity index (χ4v) is 3.40. The van der Waals surface area contributed by atoms with E-state index in [2.05, 4.69) is 15.6 Å². The number of amides is 2. The first-order chi connectivity index (χ1) is 13.3. The van der Waals surface area contributed by atoms with E-state index < -0.39 is 17.6 Å². The van der Waals surface area contributed by atoms with Gasteiger partial charge in [-0.15, -0.1) is 0 Å². The van der Waals surface area contributed by atoms with Crippen LogP contribution in [0.15, 0.2) is 42.5 Å². The van der Waals surface area contributed by atoms with Crippen molar-refractivity contribution in [3.8, 4) is 0 Å². The normalized spacial score (nSPS) is 17.5. The molecule has 0 spiro atoms. The van der Waals surface area contributed by atoms with Gasteiger partial charge in [0, 0.05) is 11.6 Å². The summed E-state index contributed by atoms with van der Waals surface area (Å²) in [6.45, 7) is 0.436. The first-order valence-corrected chi connectivity index (χ1v) is 8.99. The van der Waals surface area contributed by atoms with Gasteiger partial charge in [-0.05, 0) is 35.7 Å². The number of fused-ring (bicyclic) bond motifs is 1. The third kappa shape index (κ3) is 4.40. The Hall–Kier alpha value is -3.13. The Labute approximate surface area is 166 Å². The minimum Gasteiger partial charge on any atom is -0.341 e. The van der Waals surface area contributed by atoms with E-state index in [9.17, 15) is 14.0 Å². The Kier molecular flexibility index (Phi) is 5.79. The van der Waals surface area contributed by atoms with Crippen LogP contribution in [0.3, 0.4) is 0 Å². The lowest BCUT2D eigenvalue weighted by atomic mass is 10.0. The van der Waals surface area contributed by atoms with Gasteiger partial charge >= 0.3 is 17.8 Å². The zero-order chi connectivity index (χ0) is 20.3. The maximum Gasteiger partial charge on any atom is 0.338 e. The van der Waals surface area contributed by atoms with Gasteiger partial charge in [-0.3, -0.25) is 26.0 Å². The summed E-state index contributed by atoms with van der Waals surface area (Å²) < 4.78 is 13.5. The van der Waals surface area contributed by atoms with E-state index in [-0.39, 0.29) is 28.6 Å². The fourth-order valence-electron chi connectivity index (χ4n) is 3.28. The Balaban J connectivity index is 1.73. The van der Waals surface area contributed by atoms with Gasteiger partial charge in [0.05, 0.1) is 17.6 Å². The molecule has 7 N–H and O–H groups in total. The number of carbonyl (C=O) groups is 2. The summed E-state index contributed by atoms with van der Waals surface area (Å²) in [6, 6.07) is 11.0. The average molecular weight is 405 g/mol. The molecule has 1 aliphatic carbocycles. The molecule has 0 fully saturated rings. The van der Waals surface area contributed by atoms with Crippen LogP contribution in [0.2, 0.25) is 5.02 Å². The van der Waals surface area contributed by atoms with Crippen LogP contribution in [0, 0.1) is 11.7 Å². The lowest BCUT2D eigenvalue weighted by molar-refractivity contribution is -0.468. The van der Waals surface area contributed by atoms with Crippen LogP contribution in [-0.2, 0) is 16.0 Å². The minimum absolute atomic E-state index is 0.0378. The van der Waals surface area contributed by atoms with Crippen LogP contribution in [-0.4, -0.2) is 24.3 Å². The van der Waals surface area contributed by atoms with Gasteiger partial charge in [0.15, 0.2) is 0 Å². The Morgan fingerprint density at radius 2 is 1.93 bits per heavy atom. The molecule has 7 nitrogen and oxygen atoms in total. The topological polar surface area (TPSA) is 124 Å². The van der Waals surface area contributed by atoms with Gasteiger partial charge in [-0.25, -0.2) is 4.39 Å². The number of anilines is 1. The standard InChI is InChI=1S/C19H19ClFN5O2/c20-14-6-5-12(8-15(14)21)25-17(27)18(28)26-16-11(9-24-19(22)23)7-10-3-1-2-4-13(10)16/h1-6,8,11,16H,7,9H2,(H,25,27)(H,26,28)(H4,22,23,24)/p+1/t11-,16-/m1/s1. The van der Waals surface area contributed by atoms with Crippen LogP contribution in [0.5, 0.6) is 0 Å². The molecule has 0 saturated heterocycles. The molecule has 0 radical (unpaired) electrons. The average Bonchev–Trinajstić information content (AvgIpc) is 3.00. The number of benzene rings is 2. The van der Waals surface area contributed by atoms with Crippen molar-refractivity contribution in [1.82, 2.24) is 5.32 Å². The molecule has 1 aliphatic rings. The summed E-state index contributed by atoms with van der Waals surface area (Å²) in [5, 5.41) is 5.04. The second kappa shape index (κ2) is 8.26. The van der Waals surface area contributed by atoms with Crippen LogP contribution >= 0.6 is 11.6 Å². The molecule has 9 heteroatoms. The number of guanidine groups is 1. The molecule has 2 aromatic rings. The molecule has 0 aliphatic heterocycles. The van der Waals surface area contributed by atoms with Crippen molar-refractivity contribution >= 4 is 35.1 Å². The van der Waals surface area contributed by atoms with E-state index in [1.165, 1.54) is 12.1 Å². The van der Waals surface area contributed by atoms with Crippen LogP contribution in [0.1, 0.15) is 17.2 Å². The fraction of sp³-hybridized carbons (Fsp3) is 0.211. The molecular formula is C19H20ClFN5O2+. The molecule has 0 bridgehead atoms. The number of rotatable bonds is 4. The number of hydrogen-bond acceptors (Lipinski definition) is 2. The summed E-state index contributed by atoms with van der Waals surface area (Å²) in [4.78, 5) is 27.5. The lowest BCUT2D eigenvalue weighted by Crippen LogP contribution is -2.79. The summed E-state index contributed by atoms with van der Waals surface area (Å²) in [7, 11) is 0. The van der Waals surface area contributed by atoms with E-state index in [1.807, 2.05) is 24.3 Å². The maximum atomic E-state index is 13.5. The largest absolute Gasteiger partial charge is 0.341 e. The summed E-state index contributed by atoms with van der Waals surface area (Å²) in [5.74, 6) is -2.37. The Morgan fingerprint density at radius 1 is 1.18 bits per heavy atom. The van der Waals surface area contributed by atoms with Gasteiger partial charge in [0.1, 0.15) is 5.82 Å². The molecule has 0 heterocycles. The number of carbonyl (C=O) groups excluding carboxylic acids is 2. The van der Waals surface area contributed by atoms with E-state index in [1.54, 1.807) is 0 Å². The molecule has 2 aromatic carbocycles. The zero-order valence-corrected chi connectivity index (χ0v) is 15.6. The highest BCUT2D eigenvalue weighted by Crippen LogP contribution is 2.35. The Morgan fingerprint density at radius 3 is 2.64 bits per heavy atom. The molecule has 0 aromatic heterocycles. The second-order valence-corrected chi connectivity index (χ2v) is 6.94. The second-order valence-electron chi connectivity index (χ2n) is 6.53. The van der Waals surface area contributed by atoms with Crippen molar-refractivity contribution in [3.63, 3.8) is 0 Å². The third-order valence-corrected chi connectivity index (χ3v) is 4.89. The van der Waals surface area contributed by atoms with Crippen LogP contribution in [0.4, 0.5) is 10.1 Å². The van der Waals surface area contributed by atoms with Crippen molar-refractivity contribution < 1.29 is 19.0 Å². The van der Waals surface area contributed by atoms with Crippen LogP contribution in [0.25, 0.3) is 0 Å². The highest BCUT2D eigenvalue weighted by molar-refractivity contribution is 6.39. The zero-order valence-electron chi connectivity index (χ0n) is 14.8. The number of halogens is 2. The molecule has 0 saturated carbocycles. The predicted octanol–water partition coefficient (Wildman–Crippen LogP) is -0.199. The van der Waals surface area contributed by atoms with E-state index in [0.717, 1.165) is 17.2 Å². The van der Waals surface area contributed by atoms with Gasteiger partial charge in [-0.1, -0.05) is 35.9 Å². The Bertz CT molecular complexity index is 946. The summed E-state index contributed by atoms with van der Waals surface area (Å²) >= 11 is 5.62. The summed E-state index contributed by atoms with van der Waals surface area (Å²) in [6.07, 6.45) is 0.700. The van der Waals surface area contributed by atoms with Crippen molar-refractivity contribution in [3.05, 3.63) is 64.4 Å².